The van der Waals surface area contributed by atoms with E-state index in [9.17, 15) is 35.9 Å². The van der Waals surface area contributed by atoms with Crippen molar-refractivity contribution in [2.24, 2.45) is 0 Å². The van der Waals surface area contributed by atoms with Gasteiger partial charge in [-0.15, -0.1) is 0 Å². The molecule has 0 aromatic heterocycles. The lowest BCUT2D eigenvalue weighted by Gasteiger charge is -2.32. The van der Waals surface area contributed by atoms with Gasteiger partial charge in [0.15, 0.2) is 0 Å². The summed E-state index contributed by atoms with van der Waals surface area (Å²) in [4.78, 5) is 21.7. The molecule has 0 N–H and O–H groups in total. The van der Waals surface area contributed by atoms with Crippen LogP contribution in [0.5, 0.6) is 0 Å². The lowest BCUT2D eigenvalue weighted by molar-refractivity contribution is -0.222. The van der Waals surface area contributed by atoms with Crippen molar-refractivity contribution >= 4 is 11.8 Å². The van der Waals surface area contributed by atoms with E-state index < -0.39 is 29.2 Å². The van der Waals surface area contributed by atoms with Crippen molar-refractivity contribution in [3.8, 4) is 0 Å². The van der Waals surface area contributed by atoms with Gasteiger partial charge in [-0.25, -0.2) is 5.01 Å². The van der Waals surface area contributed by atoms with E-state index >= 15 is 0 Å². The summed E-state index contributed by atoms with van der Waals surface area (Å²) in [6.07, 6.45) is -11.1. The Bertz CT molecular complexity index is 295. The first-order chi connectivity index (χ1) is 7.96. The Balaban J connectivity index is 5.46. The van der Waals surface area contributed by atoms with Gasteiger partial charge in [0.2, 0.25) is 0 Å². The number of halogens is 6. The van der Waals surface area contributed by atoms with Gasteiger partial charge in [-0.3, -0.25) is 9.59 Å². The molecule has 0 radical (unpaired) electrons. The van der Waals surface area contributed by atoms with Gasteiger partial charge in [0.1, 0.15) is 0 Å². The molecule has 2 amide bonds. The molecule has 0 saturated heterocycles. The van der Waals surface area contributed by atoms with E-state index in [2.05, 4.69) is 0 Å². The van der Waals surface area contributed by atoms with Crippen LogP contribution in [-0.2, 0) is 9.59 Å². The number of carbonyl (C=O) groups is 2. The summed E-state index contributed by atoms with van der Waals surface area (Å²) in [6.45, 7) is 1.70. The van der Waals surface area contributed by atoms with Gasteiger partial charge in [-0.05, 0) is 0 Å². The maximum absolute atomic E-state index is 12.1. The van der Waals surface area contributed by atoms with Gasteiger partial charge in [-0.2, -0.15) is 31.4 Å². The van der Waals surface area contributed by atoms with Crippen molar-refractivity contribution in [3.05, 3.63) is 0 Å². The highest BCUT2D eigenvalue weighted by Crippen LogP contribution is 2.25. The van der Waals surface area contributed by atoms with Crippen molar-refractivity contribution in [1.82, 2.24) is 10.0 Å². The molecule has 4 nitrogen and oxygen atoms in total. The quantitative estimate of drug-likeness (QED) is 0.584. The first-order valence-electron chi connectivity index (χ1n) is 4.74. The molecule has 0 atom stereocenters. The first kappa shape index (κ1) is 16.7. The predicted octanol–water partition coefficient (Wildman–Crippen LogP) is 1.72. The number of alkyl halides is 6. The number of hydrogen-bond donors (Lipinski definition) is 0. The molecule has 0 rings (SSSR count). The molecule has 0 saturated carbocycles. The van der Waals surface area contributed by atoms with Gasteiger partial charge in [0, 0.05) is 13.1 Å². The highest BCUT2D eigenvalue weighted by molar-refractivity contribution is 5.99. The minimum absolute atomic E-state index is 0.353. The summed E-state index contributed by atoms with van der Waals surface area (Å²) in [5.41, 5.74) is 0. The van der Waals surface area contributed by atoms with E-state index in [-0.39, 0.29) is 13.1 Å². The number of hydrazine groups is 1. The third-order valence-corrected chi connectivity index (χ3v) is 1.88. The number of imide groups is 1. The summed E-state index contributed by atoms with van der Waals surface area (Å²) in [6, 6.07) is 0. The van der Waals surface area contributed by atoms with Gasteiger partial charge < -0.3 is 0 Å². The van der Waals surface area contributed by atoms with Crippen molar-refractivity contribution in [2.75, 3.05) is 13.1 Å². The molecule has 0 aliphatic heterocycles. The number of nitrogens with zero attached hydrogens (tertiary/aromatic N) is 2. The fraction of sp³-hybridized carbons (Fsp3) is 0.750. The van der Waals surface area contributed by atoms with Crippen molar-refractivity contribution < 1.29 is 35.9 Å². The minimum Gasteiger partial charge on any atom is -0.262 e. The number of carbonyl (C=O) groups excluding carboxylic acids is 2. The van der Waals surface area contributed by atoms with E-state index in [1.165, 1.54) is 13.8 Å². The third kappa shape index (κ3) is 3.86. The second-order valence-corrected chi connectivity index (χ2v) is 3.06. The fourth-order valence-corrected chi connectivity index (χ4v) is 1.10. The Labute approximate surface area is 98.1 Å². The summed E-state index contributed by atoms with van der Waals surface area (Å²) < 4.78 is 72.9. The molecule has 18 heavy (non-hydrogen) atoms. The van der Waals surface area contributed by atoms with Crippen LogP contribution in [0.2, 0.25) is 0 Å². The summed E-state index contributed by atoms with van der Waals surface area (Å²) in [5, 5.41) is -0.564. The van der Waals surface area contributed by atoms with Gasteiger partial charge in [-0.1, -0.05) is 13.8 Å². The highest BCUT2D eigenvalue weighted by Gasteiger charge is 2.53. The Hall–Kier alpha value is -1.32. The van der Waals surface area contributed by atoms with Crippen LogP contribution < -0.4 is 0 Å². The summed E-state index contributed by atoms with van der Waals surface area (Å²) in [5.74, 6) is -5.73. The van der Waals surface area contributed by atoms with E-state index in [1.807, 2.05) is 0 Å². The third-order valence-electron chi connectivity index (χ3n) is 1.88. The Morgan fingerprint density at radius 3 is 1.28 bits per heavy atom. The zero-order valence-electron chi connectivity index (χ0n) is 9.39. The van der Waals surface area contributed by atoms with Crippen LogP contribution in [-0.4, -0.2) is 47.3 Å². The molecular weight excluding hydrogens is 270 g/mol. The minimum atomic E-state index is -5.57. The molecule has 0 aromatic carbocycles. The van der Waals surface area contributed by atoms with Gasteiger partial charge in [0.05, 0.1) is 0 Å². The lowest BCUT2D eigenvalue weighted by atomic mass is 10.4. The molecule has 106 valence electrons. The monoisotopic (exact) mass is 280 g/mol. The van der Waals surface area contributed by atoms with E-state index in [0.29, 0.717) is 5.01 Å². The zero-order chi connectivity index (χ0) is 14.7. The number of amides is 2. The smallest absolute Gasteiger partial charge is 0.262 e. The molecular formula is C8H10F6N2O2. The van der Waals surface area contributed by atoms with Crippen LogP contribution in [0, 0.1) is 0 Å². The predicted molar refractivity (Wildman–Crippen MR) is 46.9 cm³/mol. The van der Waals surface area contributed by atoms with Gasteiger partial charge >= 0.3 is 24.2 Å². The Morgan fingerprint density at radius 1 is 0.833 bits per heavy atom. The van der Waals surface area contributed by atoms with Crippen LogP contribution in [0.15, 0.2) is 0 Å². The fourth-order valence-electron chi connectivity index (χ4n) is 1.10. The average molecular weight is 280 g/mol. The molecule has 10 heteroatoms. The largest absolute Gasteiger partial charge is 0.473 e. The molecule has 0 spiro atoms. The summed E-state index contributed by atoms with van der Waals surface area (Å²) in [7, 11) is 0. The topological polar surface area (TPSA) is 40.6 Å². The van der Waals surface area contributed by atoms with Crippen LogP contribution >= 0.6 is 0 Å². The Morgan fingerprint density at radius 2 is 1.11 bits per heavy atom. The molecule has 0 heterocycles. The first-order valence-corrected chi connectivity index (χ1v) is 4.74. The van der Waals surface area contributed by atoms with E-state index in [1.54, 1.807) is 0 Å². The molecule has 0 fully saturated rings. The molecule has 0 unspecified atom stereocenters. The highest BCUT2D eigenvalue weighted by atomic mass is 19.4. The van der Waals surface area contributed by atoms with Crippen LogP contribution in [0.1, 0.15) is 13.8 Å². The summed E-state index contributed by atoms with van der Waals surface area (Å²) >= 11 is 0. The zero-order valence-corrected chi connectivity index (χ0v) is 9.39. The molecule has 0 aromatic rings. The van der Waals surface area contributed by atoms with Crippen LogP contribution in [0.3, 0.4) is 0 Å². The van der Waals surface area contributed by atoms with Crippen molar-refractivity contribution in [2.45, 2.75) is 26.2 Å². The van der Waals surface area contributed by atoms with Crippen molar-refractivity contribution in [3.63, 3.8) is 0 Å². The number of rotatable bonds is 3. The van der Waals surface area contributed by atoms with Gasteiger partial charge in [0.25, 0.3) is 0 Å². The molecule has 0 bridgehead atoms. The number of hydrogen-bond acceptors (Lipinski definition) is 3. The second-order valence-electron chi connectivity index (χ2n) is 3.06. The molecule has 0 aliphatic rings. The van der Waals surface area contributed by atoms with Crippen LogP contribution in [0.25, 0.3) is 0 Å². The SMILES string of the molecule is CCN(CC)N(C(=O)C(F)(F)F)C(=O)C(F)(F)F. The standard InChI is InChI=1S/C8H10F6N2O2/c1-3-15(4-2)16(5(17)7(9,10)11)6(18)8(12,13)14/h3-4H2,1-2H3. The average Bonchev–Trinajstić information content (AvgIpc) is 2.21. The van der Waals surface area contributed by atoms with E-state index in [4.69, 9.17) is 0 Å². The maximum atomic E-state index is 12.1. The molecule has 0 aliphatic carbocycles. The Kier molecular flexibility index (Phi) is 5.14. The second kappa shape index (κ2) is 5.55. The normalized spacial score (nSPS) is 12.7. The lowest BCUT2D eigenvalue weighted by Crippen LogP contribution is -2.58. The maximum Gasteiger partial charge on any atom is 0.473 e. The van der Waals surface area contributed by atoms with Crippen molar-refractivity contribution in [1.29, 1.82) is 0 Å². The van der Waals surface area contributed by atoms with E-state index in [0.717, 1.165) is 0 Å². The van der Waals surface area contributed by atoms with Crippen LogP contribution in [0.4, 0.5) is 26.3 Å².